The number of rotatable bonds is 9. The lowest BCUT2D eigenvalue weighted by Crippen LogP contribution is -2.45. The van der Waals surface area contributed by atoms with E-state index in [9.17, 15) is 29.6 Å². The molecule has 0 radical (unpaired) electrons. The molecule has 0 unspecified atom stereocenters. The lowest BCUT2D eigenvalue weighted by Gasteiger charge is -2.16. The van der Waals surface area contributed by atoms with Crippen LogP contribution in [0, 0.1) is 10.1 Å². The minimum Gasteiger partial charge on any atom is -0.480 e. The van der Waals surface area contributed by atoms with Crippen molar-refractivity contribution in [2.24, 2.45) is 0 Å². The van der Waals surface area contributed by atoms with Gasteiger partial charge in [0.15, 0.2) is 5.76 Å². The fourth-order valence-corrected chi connectivity index (χ4v) is 2.93. The molecule has 10 nitrogen and oxygen atoms in total. The van der Waals surface area contributed by atoms with E-state index in [1.165, 1.54) is 48.7 Å². The van der Waals surface area contributed by atoms with Crippen LogP contribution in [0.1, 0.15) is 21.7 Å². The van der Waals surface area contributed by atoms with Gasteiger partial charge >= 0.3 is 5.97 Å². The molecule has 3 N–H and O–H groups in total. The van der Waals surface area contributed by atoms with Crippen molar-refractivity contribution in [3.05, 3.63) is 106 Å². The van der Waals surface area contributed by atoms with Crippen LogP contribution in [0.15, 0.2) is 83.1 Å². The van der Waals surface area contributed by atoms with Gasteiger partial charge in [0.2, 0.25) is 0 Å². The molecule has 0 saturated heterocycles. The number of amides is 2. The number of nitrogens with zero attached hydrogens (tertiary/aromatic N) is 1. The Balaban J connectivity index is 1.89. The third-order valence-corrected chi connectivity index (χ3v) is 4.52. The molecule has 0 spiro atoms. The number of hydrogen-bond acceptors (Lipinski definition) is 6. The Hall–Kier alpha value is -4.73. The van der Waals surface area contributed by atoms with E-state index in [1.54, 1.807) is 30.3 Å². The second-order valence-corrected chi connectivity index (χ2v) is 6.90. The maximum Gasteiger partial charge on any atom is 0.326 e. The number of nitro groups is 1. The summed E-state index contributed by atoms with van der Waals surface area (Å²) in [5.41, 5.74) is 0.419. The molecule has 2 amide bonds. The second-order valence-electron chi connectivity index (χ2n) is 6.90. The largest absolute Gasteiger partial charge is 0.480 e. The van der Waals surface area contributed by atoms with E-state index in [1.807, 2.05) is 0 Å². The van der Waals surface area contributed by atoms with Crippen LogP contribution >= 0.6 is 0 Å². The summed E-state index contributed by atoms with van der Waals surface area (Å²) in [5, 5.41) is 25.4. The van der Waals surface area contributed by atoms with Gasteiger partial charge in [-0.2, -0.15) is 0 Å². The summed E-state index contributed by atoms with van der Waals surface area (Å²) in [4.78, 5) is 47.6. The van der Waals surface area contributed by atoms with Gasteiger partial charge in [0, 0.05) is 18.6 Å². The van der Waals surface area contributed by atoms with Crippen LogP contribution in [-0.2, 0) is 16.0 Å². The van der Waals surface area contributed by atoms with Crippen molar-refractivity contribution in [2.45, 2.75) is 12.5 Å². The number of carboxylic acid groups (broad SMARTS) is 1. The van der Waals surface area contributed by atoms with Crippen molar-refractivity contribution in [2.75, 3.05) is 0 Å². The number of carbonyl (C=O) groups excluding carboxylic acids is 2. The standard InChI is InChI=1S/C23H19N3O7/c27-21(25-19(23(29)30)13-15-6-2-1-3-7-15)18(24-22(28)20-10-5-11-33-20)14-16-8-4-9-17(12-16)26(31)32/h1-12,14,19H,13H2,(H,24,28)(H,25,27)(H,29,30)/b18-14+/t19-/m1/s1. The number of non-ortho nitro benzene ring substituents is 1. The van der Waals surface area contributed by atoms with Crippen molar-refractivity contribution >= 4 is 29.5 Å². The minimum absolute atomic E-state index is 0.0120. The maximum atomic E-state index is 13.0. The van der Waals surface area contributed by atoms with Gasteiger partial charge in [-0.05, 0) is 29.3 Å². The summed E-state index contributed by atoms with van der Waals surface area (Å²) >= 11 is 0. The number of hydrogen-bond donors (Lipinski definition) is 3. The number of nitrogens with one attached hydrogen (secondary N) is 2. The lowest BCUT2D eigenvalue weighted by atomic mass is 10.1. The van der Waals surface area contributed by atoms with Crippen molar-refractivity contribution in [1.82, 2.24) is 10.6 Å². The molecule has 0 saturated carbocycles. The Bertz CT molecular complexity index is 1190. The highest BCUT2D eigenvalue weighted by Crippen LogP contribution is 2.16. The Morgan fingerprint density at radius 1 is 1.06 bits per heavy atom. The third kappa shape index (κ3) is 6.37. The quantitative estimate of drug-likeness (QED) is 0.258. The lowest BCUT2D eigenvalue weighted by molar-refractivity contribution is -0.384. The van der Waals surface area contributed by atoms with Crippen LogP contribution in [-0.4, -0.2) is 33.9 Å². The van der Waals surface area contributed by atoms with Gasteiger partial charge in [-0.3, -0.25) is 19.7 Å². The highest BCUT2D eigenvalue weighted by atomic mass is 16.6. The van der Waals surface area contributed by atoms with Crippen LogP contribution in [0.2, 0.25) is 0 Å². The smallest absolute Gasteiger partial charge is 0.326 e. The van der Waals surface area contributed by atoms with Crippen molar-refractivity contribution in [3.8, 4) is 0 Å². The van der Waals surface area contributed by atoms with Crippen LogP contribution < -0.4 is 10.6 Å². The molecular weight excluding hydrogens is 430 g/mol. The summed E-state index contributed by atoms with van der Waals surface area (Å²) in [6, 6.07) is 15.7. The molecule has 0 aliphatic rings. The first kappa shape index (κ1) is 22.9. The van der Waals surface area contributed by atoms with E-state index in [2.05, 4.69) is 10.6 Å². The number of benzene rings is 2. The van der Waals surface area contributed by atoms with Crippen molar-refractivity contribution in [3.63, 3.8) is 0 Å². The fraction of sp³-hybridized carbons (Fsp3) is 0.0870. The van der Waals surface area contributed by atoms with Gasteiger partial charge in [-0.25, -0.2) is 4.79 Å². The topological polar surface area (TPSA) is 152 Å². The van der Waals surface area contributed by atoms with Gasteiger partial charge in [0.05, 0.1) is 11.2 Å². The van der Waals surface area contributed by atoms with Gasteiger partial charge in [-0.1, -0.05) is 42.5 Å². The van der Waals surface area contributed by atoms with Crippen molar-refractivity contribution in [1.29, 1.82) is 0 Å². The second kappa shape index (κ2) is 10.5. The normalized spacial score (nSPS) is 11.9. The molecule has 33 heavy (non-hydrogen) atoms. The number of carboxylic acids is 1. The van der Waals surface area contributed by atoms with Gasteiger partial charge < -0.3 is 20.2 Å². The number of aliphatic carboxylic acids is 1. The maximum absolute atomic E-state index is 13.0. The summed E-state index contributed by atoms with van der Waals surface area (Å²) in [6.45, 7) is 0. The molecule has 0 aliphatic heterocycles. The Morgan fingerprint density at radius 3 is 2.45 bits per heavy atom. The van der Waals surface area contributed by atoms with Gasteiger partial charge in [-0.15, -0.1) is 0 Å². The van der Waals surface area contributed by atoms with E-state index in [0.29, 0.717) is 5.56 Å². The van der Waals surface area contributed by atoms with Crippen LogP contribution in [0.5, 0.6) is 0 Å². The first-order chi connectivity index (χ1) is 15.8. The number of carbonyl (C=O) groups is 3. The molecule has 168 valence electrons. The summed E-state index contributed by atoms with van der Waals surface area (Å²) in [6.07, 6.45) is 2.50. The van der Waals surface area contributed by atoms with E-state index >= 15 is 0 Å². The van der Waals surface area contributed by atoms with E-state index in [4.69, 9.17) is 4.42 Å². The minimum atomic E-state index is -1.28. The van der Waals surface area contributed by atoms with E-state index < -0.39 is 28.7 Å². The zero-order valence-electron chi connectivity index (χ0n) is 17.1. The molecule has 2 aromatic carbocycles. The zero-order chi connectivity index (χ0) is 23.8. The number of nitro benzene ring substituents is 1. The molecule has 0 aliphatic carbocycles. The van der Waals surface area contributed by atoms with Crippen LogP contribution in [0.25, 0.3) is 6.08 Å². The average molecular weight is 449 g/mol. The van der Waals surface area contributed by atoms with Crippen molar-refractivity contribution < 1.29 is 28.8 Å². The molecule has 1 aromatic heterocycles. The molecular formula is C23H19N3O7. The van der Waals surface area contributed by atoms with E-state index in [-0.39, 0.29) is 29.1 Å². The highest BCUT2D eigenvalue weighted by molar-refractivity contribution is 6.05. The Labute approximate surface area is 187 Å². The predicted octanol–water partition coefficient (Wildman–Crippen LogP) is 2.77. The third-order valence-electron chi connectivity index (χ3n) is 4.52. The first-order valence-electron chi connectivity index (χ1n) is 9.72. The molecule has 3 aromatic rings. The summed E-state index contributed by atoms with van der Waals surface area (Å²) < 4.78 is 5.02. The van der Waals surface area contributed by atoms with Crippen LogP contribution in [0.4, 0.5) is 5.69 Å². The molecule has 1 atom stereocenters. The number of furan rings is 1. The highest BCUT2D eigenvalue weighted by Gasteiger charge is 2.24. The molecule has 10 heteroatoms. The first-order valence-corrected chi connectivity index (χ1v) is 9.72. The summed E-state index contributed by atoms with van der Waals surface area (Å²) in [5.74, 6) is -2.97. The molecule has 3 rings (SSSR count). The Morgan fingerprint density at radius 2 is 1.82 bits per heavy atom. The zero-order valence-corrected chi connectivity index (χ0v) is 17.1. The molecule has 0 bridgehead atoms. The fourth-order valence-electron chi connectivity index (χ4n) is 2.93. The van der Waals surface area contributed by atoms with E-state index in [0.717, 1.165) is 0 Å². The predicted molar refractivity (Wildman–Crippen MR) is 117 cm³/mol. The average Bonchev–Trinajstić information content (AvgIpc) is 3.34. The summed E-state index contributed by atoms with van der Waals surface area (Å²) in [7, 11) is 0. The van der Waals surface area contributed by atoms with Gasteiger partial charge in [0.1, 0.15) is 11.7 Å². The molecule has 1 heterocycles. The van der Waals surface area contributed by atoms with Crippen LogP contribution in [0.3, 0.4) is 0 Å². The molecule has 0 fully saturated rings. The monoisotopic (exact) mass is 449 g/mol. The van der Waals surface area contributed by atoms with Gasteiger partial charge in [0.25, 0.3) is 17.5 Å². The SMILES string of the molecule is O=C(N[C@H](Cc1ccccc1)C(=O)O)/C(=C\c1cccc([N+](=O)[O-])c1)NC(=O)c1ccco1. The Kier molecular flexibility index (Phi) is 7.32.